The summed E-state index contributed by atoms with van der Waals surface area (Å²) in [7, 11) is 0. The third-order valence-electron chi connectivity index (χ3n) is 3.09. The van der Waals surface area contributed by atoms with Crippen LogP contribution < -0.4 is 5.32 Å². The van der Waals surface area contributed by atoms with E-state index in [1.54, 1.807) is 12.1 Å². The lowest BCUT2D eigenvalue weighted by Gasteiger charge is -2.08. The number of benzene rings is 2. The molecule has 0 aliphatic rings. The van der Waals surface area contributed by atoms with Crippen LogP contribution in [0.25, 0.3) is 0 Å². The van der Waals surface area contributed by atoms with Gasteiger partial charge in [0.1, 0.15) is 5.82 Å². The van der Waals surface area contributed by atoms with Crippen LogP contribution >= 0.6 is 11.6 Å². The number of hydrogen-bond acceptors (Lipinski definition) is 2. The van der Waals surface area contributed by atoms with Gasteiger partial charge in [0.2, 0.25) is 0 Å². The molecule has 0 radical (unpaired) electrons. The molecule has 0 aliphatic heterocycles. The normalized spacial score (nSPS) is 10.3. The van der Waals surface area contributed by atoms with Crippen LogP contribution in [0.2, 0.25) is 5.02 Å². The average molecular weight is 322 g/mol. The largest absolute Gasteiger partial charge is 0.478 e. The van der Waals surface area contributed by atoms with E-state index in [0.717, 1.165) is 5.56 Å². The maximum absolute atomic E-state index is 13.6. The maximum Gasteiger partial charge on any atom is 0.335 e. The second-order valence-electron chi connectivity index (χ2n) is 4.60. The summed E-state index contributed by atoms with van der Waals surface area (Å²) in [6, 6.07) is 10.4. The molecule has 2 aromatic rings. The molecule has 0 unspecified atom stereocenters. The van der Waals surface area contributed by atoms with Crippen LogP contribution in [0.5, 0.6) is 0 Å². The van der Waals surface area contributed by atoms with E-state index in [-0.39, 0.29) is 22.7 Å². The van der Waals surface area contributed by atoms with Gasteiger partial charge in [-0.15, -0.1) is 0 Å². The van der Waals surface area contributed by atoms with Gasteiger partial charge in [-0.2, -0.15) is 0 Å². The van der Waals surface area contributed by atoms with Gasteiger partial charge in [0.15, 0.2) is 0 Å². The number of rotatable bonds is 5. The fourth-order valence-corrected chi connectivity index (χ4v) is 2.19. The van der Waals surface area contributed by atoms with Crippen LogP contribution in [0.3, 0.4) is 0 Å². The molecule has 2 aromatic carbocycles. The molecule has 0 bridgehead atoms. The Morgan fingerprint density at radius 2 is 1.82 bits per heavy atom. The number of halogens is 2. The summed E-state index contributed by atoms with van der Waals surface area (Å²) >= 11 is 5.81. The van der Waals surface area contributed by atoms with E-state index in [9.17, 15) is 14.0 Å². The van der Waals surface area contributed by atoms with Crippen molar-refractivity contribution in [2.75, 3.05) is 6.54 Å². The Morgan fingerprint density at radius 1 is 1.14 bits per heavy atom. The number of carboxylic acid groups (broad SMARTS) is 1. The molecule has 0 spiro atoms. The van der Waals surface area contributed by atoms with E-state index in [4.69, 9.17) is 16.7 Å². The molecule has 0 aromatic heterocycles. The molecule has 114 valence electrons. The van der Waals surface area contributed by atoms with Crippen molar-refractivity contribution in [1.82, 2.24) is 5.32 Å². The van der Waals surface area contributed by atoms with Crippen LogP contribution in [0.1, 0.15) is 26.3 Å². The molecule has 1 amide bonds. The predicted molar refractivity (Wildman–Crippen MR) is 80.8 cm³/mol. The van der Waals surface area contributed by atoms with Crippen molar-refractivity contribution in [2.24, 2.45) is 0 Å². The van der Waals surface area contributed by atoms with Gasteiger partial charge >= 0.3 is 5.97 Å². The van der Waals surface area contributed by atoms with Crippen LogP contribution in [0.4, 0.5) is 4.39 Å². The molecule has 4 nitrogen and oxygen atoms in total. The summed E-state index contributed by atoms with van der Waals surface area (Å²) in [5.74, 6) is -2.24. The number of aromatic carboxylic acids is 1. The zero-order chi connectivity index (χ0) is 16.1. The summed E-state index contributed by atoms with van der Waals surface area (Å²) in [5.41, 5.74) is 0.890. The minimum Gasteiger partial charge on any atom is -0.478 e. The number of hydrogen-bond donors (Lipinski definition) is 2. The zero-order valence-corrected chi connectivity index (χ0v) is 12.2. The third-order valence-corrected chi connectivity index (χ3v) is 3.40. The van der Waals surface area contributed by atoms with Crippen molar-refractivity contribution in [3.05, 3.63) is 70.0 Å². The first-order chi connectivity index (χ1) is 10.5. The Hall–Kier alpha value is -2.40. The van der Waals surface area contributed by atoms with Crippen molar-refractivity contribution in [3.8, 4) is 0 Å². The topological polar surface area (TPSA) is 66.4 Å². The fraction of sp³-hybridized carbons (Fsp3) is 0.125. The first-order valence-corrected chi connectivity index (χ1v) is 6.91. The summed E-state index contributed by atoms with van der Waals surface area (Å²) in [5, 5.41) is 11.4. The van der Waals surface area contributed by atoms with Crippen LogP contribution in [0.15, 0.2) is 42.5 Å². The van der Waals surface area contributed by atoms with E-state index in [2.05, 4.69) is 5.32 Å². The standard InChI is InChI=1S/C16H13ClFNO3/c17-12-2-1-3-13(18)14(12)15(20)19-9-8-10-4-6-11(7-5-10)16(21)22/h1-7H,8-9H2,(H,19,20)(H,21,22). The number of carbonyl (C=O) groups is 2. The van der Waals surface area contributed by atoms with Crippen molar-refractivity contribution >= 4 is 23.5 Å². The van der Waals surface area contributed by atoms with Crippen LogP contribution in [0, 0.1) is 5.82 Å². The van der Waals surface area contributed by atoms with E-state index in [1.807, 2.05) is 0 Å². The Kier molecular flexibility index (Phi) is 5.12. The van der Waals surface area contributed by atoms with Crippen molar-refractivity contribution < 1.29 is 19.1 Å². The van der Waals surface area contributed by atoms with Gasteiger partial charge in [0, 0.05) is 6.54 Å². The molecule has 6 heteroatoms. The highest BCUT2D eigenvalue weighted by molar-refractivity contribution is 6.33. The lowest BCUT2D eigenvalue weighted by molar-refractivity contribution is 0.0696. The van der Waals surface area contributed by atoms with E-state index < -0.39 is 17.7 Å². The monoisotopic (exact) mass is 321 g/mol. The molecule has 0 fully saturated rings. The molecular formula is C16H13ClFNO3. The van der Waals surface area contributed by atoms with E-state index in [0.29, 0.717) is 6.42 Å². The Bertz CT molecular complexity index is 681. The average Bonchev–Trinajstić information content (AvgIpc) is 2.47. The second-order valence-corrected chi connectivity index (χ2v) is 5.01. The van der Waals surface area contributed by atoms with Gasteiger partial charge in [-0.05, 0) is 36.2 Å². The van der Waals surface area contributed by atoms with Crippen molar-refractivity contribution in [1.29, 1.82) is 0 Å². The van der Waals surface area contributed by atoms with Crippen molar-refractivity contribution in [2.45, 2.75) is 6.42 Å². The Balaban J connectivity index is 1.93. The van der Waals surface area contributed by atoms with Gasteiger partial charge in [-0.3, -0.25) is 4.79 Å². The summed E-state index contributed by atoms with van der Waals surface area (Å²) in [6.07, 6.45) is 0.498. The highest BCUT2D eigenvalue weighted by Crippen LogP contribution is 2.18. The fourth-order valence-electron chi connectivity index (χ4n) is 1.94. The number of nitrogens with one attached hydrogen (secondary N) is 1. The predicted octanol–water partition coefficient (Wildman–Crippen LogP) is 3.15. The SMILES string of the molecule is O=C(O)c1ccc(CCNC(=O)c2c(F)cccc2Cl)cc1. The molecular weight excluding hydrogens is 309 g/mol. The molecule has 22 heavy (non-hydrogen) atoms. The first-order valence-electron chi connectivity index (χ1n) is 6.53. The van der Waals surface area contributed by atoms with Gasteiger partial charge in [-0.1, -0.05) is 29.8 Å². The molecule has 0 saturated heterocycles. The summed E-state index contributed by atoms with van der Waals surface area (Å²) in [4.78, 5) is 22.6. The van der Waals surface area contributed by atoms with E-state index in [1.165, 1.54) is 30.3 Å². The van der Waals surface area contributed by atoms with E-state index >= 15 is 0 Å². The minimum absolute atomic E-state index is 0.0586. The molecule has 0 aliphatic carbocycles. The second kappa shape index (κ2) is 7.04. The number of carbonyl (C=O) groups excluding carboxylic acids is 1. The zero-order valence-electron chi connectivity index (χ0n) is 11.5. The minimum atomic E-state index is -0.992. The summed E-state index contributed by atoms with van der Waals surface area (Å²) in [6.45, 7) is 0.288. The highest BCUT2D eigenvalue weighted by atomic mass is 35.5. The highest BCUT2D eigenvalue weighted by Gasteiger charge is 2.14. The molecule has 2 N–H and O–H groups in total. The van der Waals surface area contributed by atoms with Gasteiger partial charge < -0.3 is 10.4 Å². The number of amides is 1. The Labute approximate surface area is 131 Å². The maximum atomic E-state index is 13.6. The third kappa shape index (κ3) is 3.83. The smallest absolute Gasteiger partial charge is 0.335 e. The number of carboxylic acids is 1. The van der Waals surface area contributed by atoms with Crippen molar-refractivity contribution in [3.63, 3.8) is 0 Å². The quantitative estimate of drug-likeness (QED) is 0.889. The van der Waals surface area contributed by atoms with Gasteiger partial charge in [-0.25, -0.2) is 9.18 Å². The van der Waals surface area contributed by atoms with Gasteiger partial charge in [0.25, 0.3) is 5.91 Å². The lowest BCUT2D eigenvalue weighted by atomic mass is 10.1. The van der Waals surface area contributed by atoms with Crippen LogP contribution in [-0.4, -0.2) is 23.5 Å². The Morgan fingerprint density at radius 3 is 2.41 bits per heavy atom. The first kappa shape index (κ1) is 16.0. The van der Waals surface area contributed by atoms with Gasteiger partial charge in [0.05, 0.1) is 16.1 Å². The molecule has 2 rings (SSSR count). The lowest BCUT2D eigenvalue weighted by Crippen LogP contribution is -2.26. The summed E-state index contributed by atoms with van der Waals surface area (Å²) < 4.78 is 13.6. The molecule has 0 saturated carbocycles. The van der Waals surface area contributed by atoms with Crippen LogP contribution in [-0.2, 0) is 6.42 Å². The molecule has 0 atom stereocenters. The molecule has 0 heterocycles.